The maximum atomic E-state index is 12.4. The van der Waals surface area contributed by atoms with Gasteiger partial charge in [0.2, 0.25) is 0 Å². The fourth-order valence-electron chi connectivity index (χ4n) is 1.46. The zero-order chi connectivity index (χ0) is 14.8. The average Bonchev–Trinajstić information content (AvgIpc) is 2.38. The first-order valence-electron chi connectivity index (χ1n) is 5.39. The number of anilines is 1. The molecule has 0 amide bonds. The van der Waals surface area contributed by atoms with Gasteiger partial charge >= 0.3 is 6.18 Å². The van der Waals surface area contributed by atoms with E-state index in [2.05, 4.69) is 9.71 Å². The Morgan fingerprint density at radius 1 is 1.05 bits per heavy atom. The summed E-state index contributed by atoms with van der Waals surface area (Å²) in [6.07, 6.45) is -1.74. The molecule has 0 spiro atoms. The molecule has 2 aromatic rings. The molecule has 106 valence electrons. The largest absolute Gasteiger partial charge is 0.416 e. The monoisotopic (exact) mass is 302 g/mol. The Labute approximate surface area is 113 Å². The lowest BCUT2D eigenvalue weighted by atomic mass is 10.2. The number of sulfonamides is 1. The van der Waals surface area contributed by atoms with Gasteiger partial charge in [-0.05, 0) is 36.4 Å². The van der Waals surface area contributed by atoms with E-state index in [-0.39, 0.29) is 10.6 Å². The van der Waals surface area contributed by atoms with Crippen molar-refractivity contribution in [2.24, 2.45) is 0 Å². The van der Waals surface area contributed by atoms with Crippen molar-refractivity contribution >= 4 is 15.7 Å². The van der Waals surface area contributed by atoms with Crippen LogP contribution in [-0.4, -0.2) is 13.4 Å². The number of alkyl halides is 3. The van der Waals surface area contributed by atoms with E-state index >= 15 is 0 Å². The number of rotatable bonds is 3. The summed E-state index contributed by atoms with van der Waals surface area (Å²) >= 11 is 0. The highest BCUT2D eigenvalue weighted by Crippen LogP contribution is 2.29. The van der Waals surface area contributed by atoms with Gasteiger partial charge in [0.1, 0.15) is 0 Å². The van der Waals surface area contributed by atoms with Crippen LogP contribution in [0.2, 0.25) is 0 Å². The molecule has 0 radical (unpaired) electrons. The molecule has 4 nitrogen and oxygen atoms in total. The van der Waals surface area contributed by atoms with Crippen LogP contribution in [-0.2, 0) is 16.2 Å². The zero-order valence-corrected chi connectivity index (χ0v) is 10.7. The number of halogens is 3. The summed E-state index contributed by atoms with van der Waals surface area (Å²) in [6, 6.07) is 6.26. The van der Waals surface area contributed by atoms with Gasteiger partial charge in [-0.15, -0.1) is 0 Å². The lowest BCUT2D eigenvalue weighted by molar-refractivity contribution is -0.137. The number of nitrogens with one attached hydrogen (secondary N) is 1. The first-order valence-corrected chi connectivity index (χ1v) is 6.87. The van der Waals surface area contributed by atoms with Crippen LogP contribution in [0.5, 0.6) is 0 Å². The molecular formula is C12H9F3N2O2S. The molecule has 0 bridgehead atoms. The fourth-order valence-corrected chi connectivity index (χ4v) is 2.50. The molecule has 0 aliphatic heterocycles. The highest BCUT2D eigenvalue weighted by Gasteiger charge is 2.30. The van der Waals surface area contributed by atoms with E-state index in [4.69, 9.17) is 0 Å². The molecule has 2 rings (SSSR count). The summed E-state index contributed by atoms with van der Waals surface area (Å²) in [5.41, 5.74) is -0.676. The molecule has 8 heteroatoms. The van der Waals surface area contributed by atoms with Crippen molar-refractivity contribution in [3.05, 3.63) is 54.4 Å². The topological polar surface area (TPSA) is 59.1 Å². The molecule has 0 saturated carbocycles. The van der Waals surface area contributed by atoms with Crippen LogP contribution in [0.4, 0.5) is 18.9 Å². The summed E-state index contributed by atoms with van der Waals surface area (Å²) in [5.74, 6) is 0. The van der Waals surface area contributed by atoms with E-state index < -0.39 is 21.8 Å². The Kier molecular flexibility index (Phi) is 3.67. The van der Waals surface area contributed by atoms with E-state index in [1.54, 1.807) is 0 Å². The average molecular weight is 302 g/mol. The Hall–Kier alpha value is -2.09. The Bertz CT molecular complexity index is 683. The van der Waals surface area contributed by atoms with Gasteiger partial charge in [-0.3, -0.25) is 9.71 Å². The molecule has 0 saturated heterocycles. The Morgan fingerprint density at radius 3 is 2.20 bits per heavy atom. The molecule has 1 N–H and O–H groups in total. The van der Waals surface area contributed by atoms with E-state index in [1.807, 2.05) is 0 Å². The molecule has 0 aliphatic carbocycles. The Morgan fingerprint density at radius 2 is 1.70 bits per heavy atom. The standard InChI is InChI=1S/C12H9F3N2O2S/c13-12(14,15)9-3-5-11(6-4-9)20(18,19)17-10-2-1-7-16-8-10/h1-8,17H. The number of aromatic nitrogens is 1. The van der Waals surface area contributed by atoms with Crippen LogP contribution in [0.25, 0.3) is 0 Å². The predicted octanol–water partition coefficient (Wildman–Crippen LogP) is 2.90. The third-order valence-corrected chi connectivity index (χ3v) is 3.80. The highest BCUT2D eigenvalue weighted by molar-refractivity contribution is 7.92. The number of hydrogen-bond acceptors (Lipinski definition) is 3. The molecule has 0 unspecified atom stereocenters. The second-order valence-corrected chi connectivity index (χ2v) is 5.55. The summed E-state index contributed by atoms with van der Waals surface area (Å²) in [5, 5.41) is 0. The zero-order valence-electron chi connectivity index (χ0n) is 9.92. The molecule has 0 aliphatic rings. The summed E-state index contributed by atoms with van der Waals surface area (Å²) in [4.78, 5) is 3.48. The number of hydrogen-bond donors (Lipinski definition) is 1. The fraction of sp³-hybridized carbons (Fsp3) is 0.0833. The lowest BCUT2D eigenvalue weighted by Crippen LogP contribution is -2.13. The normalized spacial score (nSPS) is 12.2. The third kappa shape index (κ3) is 3.27. The summed E-state index contributed by atoms with van der Waals surface area (Å²) < 4.78 is 63.3. The highest BCUT2D eigenvalue weighted by atomic mass is 32.2. The minimum Gasteiger partial charge on any atom is -0.278 e. The SMILES string of the molecule is O=S(=O)(Nc1cccnc1)c1ccc(C(F)(F)F)cc1. The number of nitrogens with zero attached hydrogens (tertiary/aromatic N) is 1. The quantitative estimate of drug-likeness (QED) is 0.948. The van der Waals surface area contributed by atoms with Gasteiger partial charge in [-0.25, -0.2) is 8.42 Å². The molecule has 20 heavy (non-hydrogen) atoms. The van der Waals surface area contributed by atoms with Gasteiger partial charge in [0.25, 0.3) is 10.0 Å². The molecule has 1 heterocycles. The van der Waals surface area contributed by atoms with Gasteiger partial charge < -0.3 is 0 Å². The molecule has 1 aromatic heterocycles. The van der Waals surface area contributed by atoms with E-state index in [9.17, 15) is 21.6 Å². The van der Waals surface area contributed by atoms with Crippen LogP contribution in [0, 0.1) is 0 Å². The second-order valence-electron chi connectivity index (χ2n) is 3.87. The first-order chi connectivity index (χ1) is 9.29. The lowest BCUT2D eigenvalue weighted by Gasteiger charge is -2.09. The van der Waals surface area contributed by atoms with Crippen LogP contribution in [0.3, 0.4) is 0 Å². The van der Waals surface area contributed by atoms with Crippen molar-refractivity contribution in [3.8, 4) is 0 Å². The maximum absolute atomic E-state index is 12.4. The first kappa shape index (κ1) is 14.3. The van der Waals surface area contributed by atoms with E-state index in [1.165, 1.54) is 24.5 Å². The van der Waals surface area contributed by atoms with Crippen molar-refractivity contribution < 1.29 is 21.6 Å². The van der Waals surface area contributed by atoms with E-state index in [0.717, 1.165) is 24.3 Å². The second kappa shape index (κ2) is 5.12. The van der Waals surface area contributed by atoms with Crippen LogP contribution in [0.15, 0.2) is 53.7 Å². The van der Waals surface area contributed by atoms with Crippen molar-refractivity contribution in [3.63, 3.8) is 0 Å². The van der Waals surface area contributed by atoms with Gasteiger partial charge in [0.05, 0.1) is 22.3 Å². The molecular weight excluding hydrogens is 293 g/mol. The number of pyridine rings is 1. The molecule has 1 aromatic carbocycles. The molecule has 0 fully saturated rings. The van der Waals surface area contributed by atoms with Crippen molar-refractivity contribution in [2.75, 3.05) is 4.72 Å². The van der Waals surface area contributed by atoms with Gasteiger partial charge in [0.15, 0.2) is 0 Å². The third-order valence-electron chi connectivity index (χ3n) is 2.41. The van der Waals surface area contributed by atoms with Crippen molar-refractivity contribution in [2.45, 2.75) is 11.1 Å². The minimum atomic E-state index is -4.50. The smallest absolute Gasteiger partial charge is 0.278 e. The molecule has 0 atom stereocenters. The maximum Gasteiger partial charge on any atom is 0.416 e. The van der Waals surface area contributed by atoms with Crippen LogP contribution >= 0.6 is 0 Å². The van der Waals surface area contributed by atoms with Gasteiger partial charge in [0, 0.05) is 6.20 Å². The van der Waals surface area contributed by atoms with E-state index in [0.29, 0.717) is 0 Å². The number of benzene rings is 1. The Balaban J connectivity index is 2.27. The van der Waals surface area contributed by atoms with Gasteiger partial charge in [-0.1, -0.05) is 0 Å². The summed E-state index contributed by atoms with van der Waals surface area (Å²) in [6.45, 7) is 0. The van der Waals surface area contributed by atoms with Gasteiger partial charge in [-0.2, -0.15) is 13.2 Å². The minimum absolute atomic E-state index is 0.229. The summed E-state index contributed by atoms with van der Waals surface area (Å²) in [7, 11) is -3.93. The van der Waals surface area contributed by atoms with Crippen LogP contribution < -0.4 is 4.72 Å². The van der Waals surface area contributed by atoms with Crippen LogP contribution in [0.1, 0.15) is 5.56 Å². The predicted molar refractivity (Wildman–Crippen MR) is 66.5 cm³/mol. The van der Waals surface area contributed by atoms with Crippen molar-refractivity contribution in [1.82, 2.24) is 4.98 Å². The van der Waals surface area contributed by atoms with Crippen molar-refractivity contribution in [1.29, 1.82) is 0 Å².